The van der Waals surface area contributed by atoms with Gasteiger partial charge < -0.3 is 14.2 Å². The fourth-order valence-electron chi connectivity index (χ4n) is 7.49. The van der Waals surface area contributed by atoms with Crippen molar-refractivity contribution >= 4 is 17.9 Å². The predicted octanol–water partition coefficient (Wildman–Crippen LogP) is 19.8. The summed E-state index contributed by atoms with van der Waals surface area (Å²) in [5.74, 6) is -0.956. The van der Waals surface area contributed by atoms with Crippen molar-refractivity contribution in [1.29, 1.82) is 0 Å². The molecule has 6 heteroatoms. The topological polar surface area (TPSA) is 78.9 Å². The van der Waals surface area contributed by atoms with E-state index in [-0.39, 0.29) is 31.1 Å². The van der Waals surface area contributed by atoms with Crippen LogP contribution in [-0.2, 0) is 28.6 Å². The average Bonchev–Trinajstić information content (AvgIpc) is 3.38. The Kier molecular flexibility index (Phi) is 55.5. The highest BCUT2D eigenvalue weighted by Gasteiger charge is 2.19. The second kappa shape index (κ2) is 59.1. The molecule has 0 amide bonds. The molecule has 0 aliphatic carbocycles. The van der Waals surface area contributed by atoms with E-state index in [4.69, 9.17) is 14.2 Å². The smallest absolute Gasteiger partial charge is 0.306 e. The Morgan fingerprint density at radius 3 is 0.917 bits per heavy atom. The summed E-state index contributed by atoms with van der Waals surface area (Å²) in [6.07, 6.45) is 83.1. The van der Waals surface area contributed by atoms with Gasteiger partial charge in [-0.1, -0.05) is 225 Å². The first-order chi connectivity index (χ1) is 35.5. The van der Waals surface area contributed by atoms with Gasteiger partial charge in [-0.15, -0.1) is 0 Å². The number of esters is 3. The lowest BCUT2D eigenvalue weighted by molar-refractivity contribution is -0.167. The molecule has 0 spiro atoms. The molecule has 72 heavy (non-hydrogen) atoms. The van der Waals surface area contributed by atoms with Crippen LogP contribution in [0.2, 0.25) is 0 Å². The normalized spacial score (nSPS) is 13.1. The van der Waals surface area contributed by atoms with Crippen molar-refractivity contribution in [3.05, 3.63) is 134 Å². The van der Waals surface area contributed by atoms with Crippen molar-refractivity contribution in [3.63, 3.8) is 0 Å². The third kappa shape index (κ3) is 56.5. The zero-order valence-corrected chi connectivity index (χ0v) is 46.4. The van der Waals surface area contributed by atoms with Crippen LogP contribution >= 0.6 is 0 Å². The van der Waals surface area contributed by atoms with Crippen molar-refractivity contribution in [1.82, 2.24) is 0 Å². The fourth-order valence-corrected chi connectivity index (χ4v) is 7.49. The lowest BCUT2D eigenvalue weighted by atomic mass is 10.1. The Morgan fingerprint density at radius 1 is 0.292 bits per heavy atom. The van der Waals surface area contributed by atoms with Gasteiger partial charge in [-0.05, 0) is 135 Å². The van der Waals surface area contributed by atoms with Crippen LogP contribution in [0.3, 0.4) is 0 Å². The first kappa shape index (κ1) is 67.5. The minimum absolute atomic E-state index is 0.100. The van der Waals surface area contributed by atoms with Crippen LogP contribution in [0.4, 0.5) is 0 Å². The minimum Gasteiger partial charge on any atom is -0.462 e. The molecule has 0 saturated carbocycles. The predicted molar refractivity (Wildman–Crippen MR) is 311 cm³/mol. The Labute approximate surface area is 443 Å². The Hall–Kier alpha value is -4.45. The molecule has 0 rings (SSSR count). The molecule has 0 N–H and O–H groups in total. The number of unbranched alkanes of at least 4 members (excludes halogenated alkanes) is 18. The number of carbonyl (C=O) groups excluding carboxylic acids is 3. The van der Waals surface area contributed by atoms with Crippen LogP contribution in [0.25, 0.3) is 0 Å². The molecule has 0 radical (unpaired) electrons. The zero-order chi connectivity index (χ0) is 52.2. The molecule has 0 heterocycles. The molecule has 0 aromatic heterocycles. The van der Waals surface area contributed by atoms with E-state index < -0.39 is 6.10 Å². The quantitative estimate of drug-likeness (QED) is 0.0261. The molecule has 0 bridgehead atoms. The van der Waals surface area contributed by atoms with E-state index in [9.17, 15) is 14.4 Å². The molecule has 0 fully saturated rings. The van der Waals surface area contributed by atoms with Crippen LogP contribution < -0.4 is 0 Å². The van der Waals surface area contributed by atoms with Gasteiger partial charge in [0.25, 0.3) is 0 Å². The number of carbonyl (C=O) groups is 3. The van der Waals surface area contributed by atoms with Crippen LogP contribution in [-0.4, -0.2) is 37.2 Å². The van der Waals surface area contributed by atoms with E-state index in [0.29, 0.717) is 19.3 Å². The second-order valence-corrected chi connectivity index (χ2v) is 18.8. The summed E-state index contributed by atoms with van der Waals surface area (Å²) >= 11 is 0. The highest BCUT2D eigenvalue weighted by atomic mass is 16.6. The summed E-state index contributed by atoms with van der Waals surface area (Å²) in [4.78, 5) is 38.1. The standard InChI is InChI=1S/C66H106O6/c1-4-7-10-13-16-19-22-24-26-27-28-29-30-31-32-33-34-35-36-37-38-39-41-42-44-47-50-53-56-59-65(68)71-62-63(61-70-64(67)58-55-52-49-46-21-18-15-12-9-6-3)72-66(69)60-57-54-51-48-45-43-40-25-23-20-17-14-11-8-5-2/h7,10,12,15-17,19-20,24-26,28-29,31-32,34-35,37-38,40-42,63H,4-6,8-9,11,13-14,18,21-23,27,30,33,36,39,43-62H2,1-3H3/b10-7-,15-12-,19-16-,20-17-,26-24-,29-28-,32-31-,35-34-,38-37-,40-25-,42-41-. The fraction of sp³-hybridized carbons (Fsp3) is 0.621. The third-order valence-electron chi connectivity index (χ3n) is 11.8. The van der Waals surface area contributed by atoms with Crippen LogP contribution in [0.5, 0.6) is 0 Å². The van der Waals surface area contributed by atoms with Gasteiger partial charge in [0, 0.05) is 19.3 Å². The van der Waals surface area contributed by atoms with Gasteiger partial charge in [-0.2, -0.15) is 0 Å². The number of ether oxygens (including phenoxy) is 3. The van der Waals surface area contributed by atoms with Crippen LogP contribution in [0, 0.1) is 0 Å². The summed E-state index contributed by atoms with van der Waals surface area (Å²) in [7, 11) is 0. The van der Waals surface area contributed by atoms with Crippen LogP contribution in [0.1, 0.15) is 245 Å². The Bertz CT molecular complexity index is 1560. The first-order valence-corrected chi connectivity index (χ1v) is 29.2. The molecule has 0 aliphatic rings. The van der Waals surface area contributed by atoms with Crippen LogP contribution in [0.15, 0.2) is 134 Å². The minimum atomic E-state index is -0.803. The summed E-state index contributed by atoms with van der Waals surface area (Å²) < 4.78 is 16.8. The largest absolute Gasteiger partial charge is 0.462 e. The highest BCUT2D eigenvalue weighted by molar-refractivity contribution is 5.71. The van der Waals surface area contributed by atoms with Crippen molar-refractivity contribution in [3.8, 4) is 0 Å². The van der Waals surface area contributed by atoms with E-state index in [1.165, 1.54) is 38.5 Å². The molecular weight excluding hydrogens is 889 g/mol. The van der Waals surface area contributed by atoms with E-state index >= 15 is 0 Å². The SMILES string of the molecule is CC/C=C\C/C=C\C/C=C\C/C=C\C/C=C\C/C=C\C/C=C\C/C=C\CCCCCCC(=O)OCC(COC(=O)CCCCCCC/C=C\CCC)OC(=O)CCCCCCC/C=C\C/C=C\CCCCC. The molecular formula is C66H106O6. The zero-order valence-electron chi connectivity index (χ0n) is 46.4. The molecule has 406 valence electrons. The van der Waals surface area contributed by atoms with E-state index in [0.717, 1.165) is 167 Å². The maximum atomic E-state index is 12.8. The van der Waals surface area contributed by atoms with Gasteiger partial charge in [-0.25, -0.2) is 0 Å². The molecule has 1 unspecified atom stereocenters. The lowest BCUT2D eigenvalue weighted by Gasteiger charge is -2.18. The van der Waals surface area contributed by atoms with Crippen molar-refractivity contribution < 1.29 is 28.6 Å². The molecule has 1 atom stereocenters. The van der Waals surface area contributed by atoms with E-state index in [1.54, 1.807) is 0 Å². The summed E-state index contributed by atoms with van der Waals surface area (Å²) in [6, 6.07) is 0. The number of rotatable bonds is 51. The van der Waals surface area contributed by atoms with Gasteiger partial charge in [0.1, 0.15) is 13.2 Å². The molecule has 0 aromatic rings. The molecule has 0 aromatic carbocycles. The highest BCUT2D eigenvalue weighted by Crippen LogP contribution is 2.13. The van der Waals surface area contributed by atoms with Gasteiger partial charge in [0.05, 0.1) is 0 Å². The number of allylic oxidation sites excluding steroid dienone is 22. The molecule has 0 saturated heterocycles. The first-order valence-electron chi connectivity index (χ1n) is 29.2. The molecule has 0 aliphatic heterocycles. The second-order valence-electron chi connectivity index (χ2n) is 18.8. The third-order valence-corrected chi connectivity index (χ3v) is 11.8. The number of hydrogen-bond donors (Lipinski definition) is 0. The summed E-state index contributed by atoms with van der Waals surface area (Å²) in [5, 5.41) is 0. The number of hydrogen-bond acceptors (Lipinski definition) is 6. The lowest BCUT2D eigenvalue weighted by Crippen LogP contribution is -2.30. The maximum Gasteiger partial charge on any atom is 0.306 e. The Balaban J connectivity index is 4.35. The van der Waals surface area contributed by atoms with Crippen molar-refractivity contribution in [2.75, 3.05) is 13.2 Å². The monoisotopic (exact) mass is 995 g/mol. The average molecular weight is 996 g/mol. The van der Waals surface area contributed by atoms with E-state index in [2.05, 4.69) is 154 Å². The van der Waals surface area contributed by atoms with Crippen molar-refractivity contribution in [2.24, 2.45) is 0 Å². The Morgan fingerprint density at radius 2 is 0.569 bits per heavy atom. The van der Waals surface area contributed by atoms with Crippen molar-refractivity contribution in [2.45, 2.75) is 252 Å². The van der Waals surface area contributed by atoms with E-state index in [1.807, 2.05) is 0 Å². The van der Waals surface area contributed by atoms with Gasteiger partial charge >= 0.3 is 17.9 Å². The maximum absolute atomic E-state index is 12.8. The van der Waals surface area contributed by atoms with Gasteiger partial charge in [0.15, 0.2) is 6.10 Å². The summed E-state index contributed by atoms with van der Waals surface area (Å²) in [6.45, 7) is 6.38. The molecule has 6 nitrogen and oxygen atoms in total. The summed E-state index contributed by atoms with van der Waals surface area (Å²) in [5.41, 5.74) is 0. The van der Waals surface area contributed by atoms with Gasteiger partial charge in [0.2, 0.25) is 0 Å². The van der Waals surface area contributed by atoms with Gasteiger partial charge in [-0.3, -0.25) is 14.4 Å².